The van der Waals surface area contributed by atoms with Crippen LogP contribution in [0, 0.1) is 17.3 Å². The number of carbonyl (C=O) groups is 1. The van der Waals surface area contributed by atoms with Crippen molar-refractivity contribution >= 4 is 5.91 Å². The molecule has 1 rings (SSSR count). The first-order valence-corrected chi connectivity index (χ1v) is 6.10. The summed E-state index contributed by atoms with van der Waals surface area (Å²) < 4.78 is 5.41. The van der Waals surface area contributed by atoms with Gasteiger partial charge < -0.3 is 4.74 Å². The summed E-state index contributed by atoms with van der Waals surface area (Å²) in [6, 6.07) is 0. The third kappa shape index (κ3) is 1.86. The summed E-state index contributed by atoms with van der Waals surface area (Å²) >= 11 is 0. The first-order chi connectivity index (χ1) is 7.14. The summed E-state index contributed by atoms with van der Waals surface area (Å²) in [6.45, 7) is 14.8. The number of nitrogens with zero attached hydrogens (tertiary/aromatic N) is 1. The molecule has 16 heavy (non-hydrogen) atoms. The Labute approximate surface area is 99.1 Å². The fourth-order valence-electron chi connectivity index (χ4n) is 2.14. The highest BCUT2D eigenvalue weighted by molar-refractivity contribution is 5.83. The fourth-order valence-corrected chi connectivity index (χ4v) is 2.14. The van der Waals surface area contributed by atoms with Crippen LogP contribution >= 0.6 is 0 Å². The van der Waals surface area contributed by atoms with Crippen molar-refractivity contribution in [2.24, 2.45) is 17.3 Å². The van der Waals surface area contributed by atoms with Gasteiger partial charge in [0, 0.05) is 0 Å². The van der Waals surface area contributed by atoms with Crippen LogP contribution in [0.4, 0.5) is 0 Å². The minimum Gasteiger partial charge on any atom is -0.336 e. The molecule has 0 bridgehead atoms. The van der Waals surface area contributed by atoms with E-state index in [1.807, 2.05) is 18.7 Å². The average molecular weight is 227 g/mol. The molecule has 3 heteroatoms. The van der Waals surface area contributed by atoms with E-state index in [1.54, 1.807) is 0 Å². The maximum absolute atomic E-state index is 12.6. The highest BCUT2D eigenvalue weighted by Crippen LogP contribution is 2.41. The van der Waals surface area contributed by atoms with Gasteiger partial charge in [0.25, 0.3) is 0 Å². The molecule has 0 aromatic heterocycles. The SMILES string of the molecule is CC(C)C(C)(C(=O)N1COC1(C)C)C(C)C. The van der Waals surface area contributed by atoms with Gasteiger partial charge in [-0.3, -0.25) is 9.69 Å². The second-order valence-corrected chi connectivity index (χ2v) is 6.05. The first-order valence-electron chi connectivity index (χ1n) is 6.10. The van der Waals surface area contributed by atoms with Crippen molar-refractivity contribution in [2.45, 2.75) is 54.2 Å². The van der Waals surface area contributed by atoms with Gasteiger partial charge in [0.05, 0.1) is 5.41 Å². The Balaban J connectivity index is 2.93. The van der Waals surface area contributed by atoms with Gasteiger partial charge in [-0.25, -0.2) is 0 Å². The fraction of sp³-hybridized carbons (Fsp3) is 0.923. The van der Waals surface area contributed by atoms with E-state index in [1.165, 1.54) is 0 Å². The van der Waals surface area contributed by atoms with E-state index in [2.05, 4.69) is 34.6 Å². The summed E-state index contributed by atoms with van der Waals surface area (Å²) in [5.41, 5.74) is -0.733. The highest BCUT2D eigenvalue weighted by atomic mass is 16.6. The predicted octanol–water partition coefficient (Wildman–Crippen LogP) is 2.86. The Hall–Kier alpha value is -0.570. The molecule has 1 aliphatic heterocycles. The van der Waals surface area contributed by atoms with Crippen molar-refractivity contribution in [3.8, 4) is 0 Å². The predicted molar refractivity (Wildman–Crippen MR) is 64.7 cm³/mol. The van der Waals surface area contributed by atoms with Gasteiger partial charge in [-0.1, -0.05) is 34.6 Å². The lowest BCUT2D eigenvalue weighted by Crippen LogP contribution is -2.65. The van der Waals surface area contributed by atoms with Gasteiger partial charge in [0.2, 0.25) is 5.91 Å². The van der Waals surface area contributed by atoms with Crippen LogP contribution in [-0.2, 0) is 9.53 Å². The standard InChI is InChI=1S/C13H25NO2/c1-9(2)13(7,10(3)4)11(15)14-8-16-12(14,5)6/h9-10H,8H2,1-7H3. The molecule has 1 saturated heterocycles. The quantitative estimate of drug-likeness (QED) is 0.742. The Morgan fingerprint density at radius 1 is 1.25 bits per heavy atom. The second kappa shape index (κ2) is 4.02. The van der Waals surface area contributed by atoms with Gasteiger partial charge in [-0.2, -0.15) is 0 Å². The molecule has 1 heterocycles. The minimum atomic E-state index is -0.428. The van der Waals surface area contributed by atoms with Gasteiger partial charge in [-0.15, -0.1) is 0 Å². The molecule has 1 amide bonds. The Morgan fingerprint density at radius 2 is 1.69 bits per heavy atom. The summed E-state index contributed by atoms with van der Waals surface area (Å²) in [7, 11) is 0. The van der Waals surface area contributed by atoms with Crippen molar-refractivity contribution in [1.82, 2.24) is 4.90 Å². The minimum absolute atomic E-state index is 0.216. The molecule has 94 valence electrons. The van der Waals surface area contributed by atoms with Crippen LogP contribution < -0.4 is 0 Å². The molecule has 0 aliphatic carbocycles. The summed E-state index contributed by atoms with van der Waals surface area (Å²) in [6.07, 6.45) is 0. The van der Waals surface area contributed by atoms with Crippen molar-refractivity contribution in [2.75, 3.05) is 6.73 Å². The molecule has 1 aliphatic rings. The smallest absolute Gasteiger partial charge is 0.233 e. The molecule has 0 atom stereocenters. The van der Waals surface area contributed by atoms with E-state index in [4.69, 9.17) is 4.74 Å². The number of rotatable bonds is 3. The summed E-state index contributed by atoms with van der Waals surface area (Å²) in [5, 5.41) is 0. The normalized spacial score (nSPS) is 20.2. The lowest BCUT2D eigenvalue weighted by atomic mass is 9.69. The Morgan fingerprint density at radius 3 is 1.88 bits per heavy atom. The molecule has 0 aromatic carbocycles. The first kappa shape index (κ1) is 13.5. The van der Waals surface area contributed by atoms with Crippen LogP contribution in [0.3, 0.4) is 0 Å². The largest absolute Gasteiger partial charge is 0.336 e. The lowest BCUT2D eigenvalue weighted by Gasteiger charge is -2.52. The zero-order valence-electron chi connectivity index (χ0n) is 11.6. The molecule has 0 saturated carbocycles. The van der Waals surface area contributed by atoms with Crippen LogP contribution in [0.25, 0.3) is 0 Å². The van der Waals surface area contributed by atoms with E-state index in [-0.39, 0.29) is 11.3 Å². The van der Waals surface area contributed by atoms with Crippen molar-refractivity contribution in [3.63, 3.8) is 0 Å². The maximum atomic E-state index is 12.6. The summed E-state index contributed by atoms with van der Waals surface area (Å²) in [5.74, 6) is 0.876. The van der Waals surface area contributed by atoms with Crippen LogP contribution in [0.15, 0.2) is 0 Å². The number of carbonyl (C=O) groups excluding carboxylic acids is 1. The van der Waals surface area contributed by atoms with Crippen molar-refractivity contribution < 1.29 is 9.53 Å². The molecule has 0 N–H and O–H groups in total. The number of hydrogen-bond donors (Lipinski definition) is 0. The van der Waals surface area contributed by atoms with E-state index in [9.17, 15) is 4.79 Å². The zero-order valence-corrected chi connectivity index (χ0v) is 11.6. The van der Waals surface area contributed by atoms with Crippen LogP contribution in [-0.4, -0.2) is 23.3 Å². The highest BCUT2D eigenvalue weighted by Gasteiger charge is 2.50. The molecular formula is C13H25NO2. The topological polar surface area (TPSA) is 29.5 Å². The van der Waals surface area contributed by atoms with E-state index in [0.717, 1.165) is 0 Å². The second-order valence-electron chi connectivity index (χ2n) is 6.05. The van der Waals surface area contributed by atoms with E-state index in [0.29, 0.717) is 18.6 Å². The lowest BCUT2D eigenvalue weighted by molar-refractivity contribution is -0.276. The molecular weight excluding hydrogens is 202 g/mol. The molecule has 0 spiro atoms. The molecule has 0 unspecified atom stereocenters. The van der Waals surface area contributed by atoms with Gasteiger partial charge >= 0.3 is 0 Å². The maximum Gasteiger partial charge on any atom is 0.233 e. The van der Waals surface area contributed by atoms with E-state index >= 15 is 0 Å². The molecule has 3 nitrogen and oxygen atoms in total. The average Bonchev–Trinajstić information content (AvgIpc) is 2.14. The van der Waals surface area contributed by atoms with Crippen LogP contribution in [0.1, 0.15) is 48.5 Å². The number of amides is 1. The third-order valence-electron chi connectivity index (χ3n) is 4.30. The monoisotopic (exact) mass is 227 g/mol. The van der Waals surface area contributed by atoms with Gasteiger partial charge in [-0.05, 0) is 25.7 Å². The number of ether oxygens (including phenoxy) is 1. The zero-order chi connectivity index (χ0) is 12.7. The third-order valence-corrected chi connectivity index (χ3v) is 4.30. The number of hydrogen-bond acceptors (Lipinski definition) is 2. The van der Waals surface area contributed by atoms with Gasteiger partial charge in [0.1, 0.15) is 12.5 Å². The molecule has 0 aromatic rings. The van der Waals surface area contributed by atoms with Crippen LogP contribution in [0.5, 0.6) is 0 Å². The molecule has 0 radical (unpaired) electrons. The summed E-state index contributed by atoms with van der Waals surface area (Å²) in [4.78, 5) is 14.4. The Bertz CT molecular complexity index is 274. The van der Waals surface area contributed by atoms with E-state index < -0.39 is 5.72 Å². The Kier molecular flexibility index (Phi) is 3.39. The van der Waals surface area contributed by atoms with Crippen molar-refractivity contribution in [1.29, 1.82) is 0 Å². The molecule has 1 fully saturated rings. The van der Waals surface area contributed by atoms with Crippen molar-refractivity contribution in [3.05, 3.63) is 0 Å². The van der Waals surface area contributed by atoms with Gasteiger partial charge in [0.15, 0.2) is 0 Å². The van der Waals surface area contributed by atoms with Crippen LogP contribution in [0.2, 0.25) is 0 Å².